The van der Waals surface area contributed by atoms with Crippen LogP contribution in [0.4, 0.5) is 0 Å². The Morgan fingerprint density at radius 3 is 2.08 bits per heavy atom. The van der Waals surface area contributed by atoms with Gasteiger partial charge in [0.25, 0.3) is 0 Å². The summed E-state index contributed by atoms with van der Waals surface area (Å²) < 4.78 is 0. The Bertz CT molecular complexity index is 200. The highest BCUT2D eigenvalue weighted by atomic mass is 16.2. The second-order valence-corrected chi connectivity index (χ2v) is 4.17. The van der Waals surface area contributed by atoms with Crippen LogP contribution in [0.25, 0.3) is 0 Å². The van der Waals surface area contributed by atoms with Crippen LogP contribution >= 0.6 is 0 Å². The van der Waals surface area contributed by atoms with Crippen molar-refractivity contribution in [1.29, 1.82) is 0 Å². The molecule has 0 bridgehead atoms. The summed E-state index contributed by atoms with van der Waals surface area (Å²) in [6.07, 6.45) is 2.07. The number of Topliss-reactive ketones (excluding diaryl/α,β-unsaturated/α-hetero) is 2. The van der Waals surface area contributed by atoms with Crippen molar-refractivity contribution in [3.63, 3.8) is 0 Å². The molecule has 68 valence electrons. The second kappa shape index (κ2) is 3.00. The van der Waals surface area contributed by atoms with Gasteiger partial charge in [-0.25, -0.2) is 0 Å². The molecule has 0 spiro atoms. The molecule has 0 aromatic heterocycles. The molecule has 0 unspecified atom stereocenters. The van der Waals surface area contributed by atoms with Crippen molar-refractivity contribution in [2.45, 2.75) is 40.0 Å². The van der Waals surface area contributed by atoms with Gasteiger partial charge in [0.05, 0.1) is 5.92 Å². The molecule has 2 nitrogen and oxygen atoms in total. The third-order valence-electron chi connectivity index (χ3n) is 3.02. The van der Waals surface area contributed by atoms with E-state index in [0.717, 1.165) is 6.42 Å². The zero-order valence-corrected chi connectivity index (χ0v) is 8.02. The molecule has 0 atom stereocenters. The van der Waals surface area contributed by atoms with E-state index in [9.17, 15) is 9.59 Å². The predicted molar refractivity (Wildman–Crippen MR) is 46.8 cm³/mol. The fourth-order valence-electron chi connectivity index (χ4n) is 1.64. The molecule has 1 aliphatic rings. The average Bonchev–Trinajstić information content (AvgIpc) is 2.00. The van der Waals surface area contributed by atoms with E-state index in [1.807, 2.05) is 13.8 Å². The van der Waals surface area contributed by atoms with E-state index >= 15 is 0 Å². The lowest BCUT2D eigenvalue weighted by Crippen LogP contribution is -2.37. The third kappa shape index (κ3) is 1.57. The maximum absolute atomic E-state index is 11.4. The largest absolute Gasteiger partial charge is 0.299 e. The first kappa shape index (κ1) is 9.43. The Kier molecular flexibility index (Phi) is 2.36. The second-order valence-electron chi connectivity index (χ2n) is 4.17. The van der Waals surface area contributed by atoms with E-state index in [1.165, 1.54) is 0 Å². The number of carbonyl (C=O) groups is 2. The predicted octanol–water partition coefficient (Wildman–Crippen LogP) is 1.97. The summed E-state index contributed by atoms with van der Waals surface area (Å²) in [5, 5.41) is 0. The van der Waals surface area contributed by atoms with Gasteiger partial charge in [0.1, 0.15) is 11.6 Å². The lowest BCUT2D eigenvalue weighted by Gasteiger charge is -2.33. The van der Waals surface area contributed by atoms with Crippen LogP contribution in [-0.2, 0) is 9.59 Å². The first-order valence-corrected chi connectivity index (χ1v) is 4.54. The van der Waals surface area contributed by atoms with Gasteiger partial charge in [-0.2, -0.15) is 0 Å². The Morgan fingerprint density at radius 2 is 1.75 bits per heavy atom. The van der Waals surface area contributed by atoms with E-state index in [0.29, 0.717) is 12.8 Å². The van der Waals surface area contributed by atoms with Gasteiger partial charge in [-0.15, -0.1) is 0 Å². The topological polar surface area (TPSA) is 34.1 Å². The van der Waals surface area contributed by atoms with Crippen molar-refractivity contribution >= 4 is 11.6 Å². The highest BCUT2D eigenvalue weighted by Gasteiger charge is 2.38. The molecular formula is C10H16O2. The molecule has 0 N–H and O–H groups in total. The summed E-state index contributed by atoms with van der Waals surface area (Å²) in [6, 6.07) is 0. The minimum Gasteiger partial charge on any atom is -0.299 e. The van der Waals surface area contributed by atoms with Gasteiger partial charge in [-0.3, -0.25) is 9.59 Å². The summed E-state index contributed by atoms with van der Waals surface area (Å²) in [6.45, 7) is 5.78. The van der Waals surface area contributed by atoms with E-state index in [4.69, 9.17) is 0 Å². The number of hydrogen-bond donors (Lipinski definition) is 0. The first-order chi connectivity index (χ1) is 5.48. The molecule has 1 aliphatic carbocycles. The fourth-order valence-corrected chi connectivity index (χ4v) is 1.64. The van der Waals surface area contributed by atoms with Crippen LogP contribution in [0, 0.1) is 11.3 Å². The van der Waals surface area contributed by atoms with Gasteiger partial charge >= 0.3 is 0 Å². The zero-order valence-electron chi connectivity index (χ0n) is 8.02. The molecule has 0 aliphatic heterocycles. The Balaban J connectivity index is 2.79. The van der Waals surface area contributed by atoms with Gasteiger partial charge in [-0.05, 0) is 18.8 Å². The number of ketones is 2. The first-order valence-electron chi connectivity index (χ1n) is 4.54. The quantitative estimate of drug-likeness (QED) is 0.561. The average molecular weight is 168 g/mol. The summed E-state index contributed by atoms with van der Waals surface area (Å²) in [7, 11) is 0. The standard InChI is InChI=1S/C10H16O2/c1-4-10(3)5-8(11)7(2)9(12)6-10/h7H,4-6H2,1-3H3. The van der Waals surface area contributed by atoms with Gasteiger partial charge in [0, 0.05) is 12.8 Å². The summed E-state index contributed by atoms with van der Waals surface area (Å²) in [5.74, 6) is -0.101. The van der Waals surface area contributed by atoms with Crippen molar-refractivity contribution in [3.8, 4) is 0 Å². The van der Waals surface area contributed by atoms with Crippen LogP contribution in [0.15, 0.2) is 0 Å². The number of carbonyl (C=O) groups excluding carboxylic acids is 2. The lowest BCUT2D eigenvalue weighted by molar-refractivity contribution is -0.139. The highest BCUT2D eigenvalue weighted by molar-refractivity contribution is 6.04. The van der Waals surface area contributed by atoms with Crippen LogP contribution in [0.1, 0.15) is 40.0 Å². The molecule has 0 radical (unpaired) electrons. The Labute approximate surface area is 73.3 Å². The van der Waals surface area contributed by atoms with E-state index in [-0.39, 0.29) is 22.9 Å². The van der Waals surface area contributed by atoms with E-state index in [1.54, 1.807) is 6.92 Å². The summed E-state index contributed by atoms with van der Waals surface area (Å²) in [5.41, 5.74) is -0.0549. The van der Waals surface area contributed by atoms with Crippen LogP contribution in [0.2, 0.25) is 0 Å². The van der Waals surface area contributed by atoms with Crippen molar-refractivity contribution in [2.24, 2.45) is 11.3 Å². The van der Waals surface area contributed by atoms with E-state index in [2.05, 4.69) is 0 Å². The Hall–Kier alpha value is -0.660. The SMILES string of the molecule is CCC1(C)CC(=O)C(C)C(=O)C1. The Morgan fingerprint density at radius 1 is 1.33 bits per heavy atom. The van der Waals surface area contributed by atoms with Gasteiger partial charge in [-0.1, -0.05) is 13.8 Å². The van der Waals surface area contributed by atoms with Gasteiger partial charge in [0.15, 0.2) is 0 Å². The fraction of sp³-hybridized carbons (Fsp3) is 0.800. The summed E-state index contributed by atoms with van der Waals surface area (Å²) in [4.78, 5) is 22.7. The molecule has 12 heavy (non-hydrogen) atoms. The van der Waals surface area contributed by atoms with Crippen LogP contribution in [0.5, 0.6) is 0 Å². The highest BCUT2D eigenvalue weighted by Crippen LogP contribution is 2.36. The molecule has 1 saturated carbocycles. The minimum atomic E-state index is -0.343. The molecule has 0 heterocycles. The molecular weight excluding hydrogens is 152 g/mol. The van der Waals surface area contributed by atoms with Gasteiger partial charge < -0.3 is 0 Å². The third-order valence-corrected chi connectivity index (χ3v) is 3.02. The molecule has 1 fully saturated rings. The van der Waals surface area contributed by atoms with Crippen molar-refractivity contribution in [1.82, 2.24) is 0 Å². The van der Waals surface area contributed by atoms with Crippen LogP contribution < -0.4 is 0 Å². The lowest BCUT2D eigenvalue weighted by atomic mass is 9.69. The smallest absolute Gasteiger partial charge is 0.143 e. The minimum absolute atomic E-state index is 0.0549. The number of hydrogen-bond acceptors (Lipinski definition) is 2. The van der Waals surface area contributed by atoms with Crippen molar-refractivity contribution < 1.29 is 9.59 Å². The summed E-state index contributed by atoms with van der Waals surface area (Å²) >= 11 is 0. The maximum Gasteiger partial charge on any atom is 0.143 e. The monoisotopic (exact) mass is 168 g/mol. The molecule has 0 aromatic rings. The van der Waals surface area contributed by atoms with E-state index < -0.39 is 0 Å². The van der Waals surface area contributed by atoms with Crippen LogP contribution in [0.3, 0.4) is 0 Å². The molecule has 0 amide bonds. The van der Waals surface area contributed by atoms with Gasteiger partial charge in [0.2, 0.25) is 0 Å². The van der Waals surface area contributed by atoms with Crippen molar-refractivity contribution in [3.05, 3.63) is 0 Å². The zero-order chi connectivity index (χ0) is 9.35. The van der Waals surface area contributed by atoms with Crippen molar-refractivity contribution in [2.75, 3.05) is 0 Å². The normalized spacial score (nSPS) is 37.1. The molecule has 0 saturated heterocycles. The number of rotatable bonds is 1. The van der Waals surface area contributed by atoms with Crippen LogP contribution in [-0.4, -0.2) is 11.6 Å². The molecule has 1 rings (SSSR count). The maximum atomic E-state index is 11.4. The molecule has 0 aromatic carbocycles. The molecule has 2 heteroatoms.